The van der Waals surface area contributed by atoms with E-state index in [2.05, 4.69) is 10.1 Å². The Balaban J connectivity index is 1.63. The van der Waals surface area contributed by atoms with Gasteiger partial charge in [0.25, 0.3) is 0 Å². The molecule has 0 aliphatic carbocycles. The largest absolute Gasteiger partial charge is 0.263 e. The maximum Gasteiger partial charge on any atom is 0.245 e. The van der Waals surface area contributed by atoms with E-state index in [0.717, 1.165) is 16.8 Å². The number of rotatable bonds is 7. The normalized spacial score (nSPS) is 11.6. The van der Waals surface area contributed by atoms with Crippen molar-refractivity contribution >= 4 is 10.0 Å². The Labute approximate surface area is 170 Å². The van der Waals surface area contributed by atoms with Gasteiger partial charge in [-0.15, -0.1) is 0 Å². The monoisotopic (exact) mass is 404 g/mol. The number of benzene rings is 2. The van der Waals surface area contributed by atoms with Crippen molar-refractivity contribution in [2.75, 3.05) is 0 Å². The van der Waals surface area contributed by atoms with Crippen LogP contribution in [0.3, 0.4) is 0 Å². The first-order valence-corrected chi connectivity index (χ1v) is 10.6. The van der Waals surface area contributed by atoms with Crippen LogP contribution in [0.15, 0.2) is 102 Å². The van der Waals surface area contributed by atoms with Crippen LogP contribution in [0.25, 0.3) is 5.69 Å². The van der Waals surface area contributed by atoms with Crippen LogP contribution in [-0.2, 0) is 23.1 Å². The van der Waals surface area contributed by atoms with Gasteiger partial charge in [0.05, 0.1) is 5.69 Å². The van der Waals surface area contributed by atoms with Gasteiger partial charge in [-0.05, 0) is 41.5 Å². The van der Waals surface area contributed by atoms with Gasteiger partial charge in [-0.2, -0.15) is 9.40 Å². The van der Waals surface area contributed by atoms with Crippen molar-refractivity contribution in [1.29, 1.82) is 0 Å². The van der Waals surface area contributed by atoms with Crippen molar-refractivity contribution in [2.45, 2.75) is 18.0 Å². The Bertz CT molecular complexity index is 1140. The minimum absolute atomic E-state index is 0.184. The smallest absolute Gasteiger partial charge is 0.245 e. The van der Waals surface area contributed by atoms with Gasteiger partial charge in [-0.25, -0.2) is 13.1 Å². The molecule has 0 fully saturated rings. The van der Waals surface area contributed by atoms with Crippen LogP contribution in [-0.4, -0.2) is 27.5 Å². The molecular weight excluding hydrogens is 384 g/mol. The van der Waals surface area contributed by atoms with Crippen LogP contribution >= 0.6 is 0 Å². The van der Waals surface area contributed by atoms with Gasteiger partial charge < -0.3 is 0 Å². The zero-order valence-electron chi connectivity index (χ0n) is 15.7. The fraction of sp³-hybridized carbons (Fsp3) is 0.0909. The second kappa shape index (κ2) is 8.38. The molecule has 2 heterocycles. The summed E-state index contributed by atoms with van der Waals surface area (Å²) in [6, 6.07) is 22.3. The van der Waals surface area contributed by atoms with Gasteiger partial charge in [0.15, 0.2) is 0 Å². The Kier molecular flexibility index (Phi) is 5.50. The van der Waals surface area contributed by atoms with E-state index >= 15 is 0 Å². The summed E-state index contributed by atoms with van der Waals surface area (Å²) in [5.74, 6) is 0. The first kappa shape index (κ1) is 19.0. The average molecular weight is 404 g/mol. The first-order chi connectivity index (χ1) is 14.1. The van der Waals surface area contributed by atoms with Gasteiger partial charge in [0, 0.05) is 37.9 Å². The summed E-state index contributed by atoms with van der Waals surface area (Å²) in [6.45, 7) is 0.532. The van der Waals surface area contributed by atoms with Gasteiger partial charge in [-0.3, -0.25) is 4.98 Å². The van der Waals surface area contributed by atoms with Crippen molar-refractivity contribution in [3.05, 3.63) is 109 Å². The van der Waals surface area contributed by atoms with E-state index in [1.165, 1.54) is 10.5 Å². The predicted octanol–water partition coefficient (Wildman–Crippen LogP) is 3.66. The third kappa shape index (κ3) is 4.42. The predicted molar refractivity (Wildman–Crippen MR) is 111 cm³/mol. The summed E-state index contributed by atoms with van der Waals surface area (Å²) in [5, 5.41) is 4.22. The molecule has 0 amide bonds. The lowest BCUT2D eigenvalue weighted by Crippen LogP contribution is -2.30. The molecule has 146 valence electrons. The van der Waals surface area contributed by atoms with Crippen LogP contribution < -0.4 is 0 Å². The van der Waals surface area contributed by atoms with Crippen LogP contribution in [0.1, 0.15) is 11.1 Å². The van der Waals surface area contributed by atoms with Crippen molar-refractivity contribution < 1.29 is 8.42 Å². The molecule has 0 atom stereocenters. The van der Waals surface area contributed by atoms with Crippen LogP contribution in [0.4, 0.5) is 0 Å². The van der Waals surface area contributed by atoms with E-state index in [0.29, 0.717) is 0 Å². The van der Waals surface area contributed by atoms with Crippen molar-refractivity contribution in [3.63, 3.8) is 0 Å². The lowest BCUT2D eigenvalue weighted by atomic mass is 10.2. The molecule has 7 heteroatoms. The van der Waals surface area contributed by atoms with Crippen LogP contribution in [0, 0.1) is 0 Å². The number of sulfonamides is 1. The molecule has 6 nitrogen and oxygen atoms in total. The zero-order chi connectivity index (χ0) is 20.1. The van der Waals surface area contributed by atoms with Crippen LogP contribution in [0.2, 0.25) is 0 Å². The minimum atomic E-state index is -3.70. The summed E-state index contributed by atoms with van der Waals surface area (Å²) in [4.78, 5) is 4.16. The lowest BCUT2D eigenvalue weighted by Gasteiger charge is -2.22. The maximum absolute atomic E-state index is 13.3. The van der Waals surface area contributed by atoms with E-state index in [4.69, 9.17) is 0 Å². The highest BCUT2D eigenvalue weighted by Crippen LogP contribution is 2.21. The molecule has 29 heavy (non-hydrogen) atoms. The SMILES string of the molecule is O=S(=O)(c1cccnc1)N(Cc1ccccc1)Cc1ccc(-n2cccn2)cc1. The van der Waals surface area contributed by atoms with Gasteiger partial charge in [-0.1, -0.05) is 42.5 Å². The van der Waals surface area contributed by atoms with Crippen molar-refractivity contribution in [3.8, 4) is 5.69 Å². The van der Waals surface area contributed by atoms with Crippen molar-refractivity contribution in [1.82, 2.24) is 19.1 Å². The molecule has 4 aromatic rings. The van der Waals surface area contributed by atoms with Gasteiger partial charge >= 0.3 is 0 Å². The highest BCUT2D eigenvalue weighted by atomic mass is 32.2. The number of aromatic nitrogens is 3. The van der Waals surface area contributed by atoms with E-state index in [9.17, 15) is 8.42 Å². The van der Waals surface area contributed by atoms with Crippen LogP contribution in [0.5, 0.6) is 0 Å². The zero-order valence-corrected chi connectivity index (χ0v) is 16.5. The molecule has 0 bridgehead atoms. The molecule has 0 N–H and O–H groups in total. The molecule has 0 aliphatic heterocycles. The molecule has 4 rings (SSSR count). The Hall–Kier alpha value is -3.29. The number of pyridine rings is 1. The topological polar surface area (TPSA) is 68.1 Å². The lowest BCUT2D eigenvalue weighted by molar-refractivity contribution is 0.401. The number of hydrogen-bond acceptors (Lipinski definition) is 4. The summed E-state index contributed by atoms with van der Waals surface area (Å²) in [6.07, 6.45) is 6.53. The Morgan fingerprint density at radius 2 is 1.52 bits per heavy atom. The molecule has 0 spiro atoms. The fourth-order valence-corrected chi connectivity index (χ4v) is 4.42. The number of hydrogen-bond donors (Lipinski definition) is 0. The third-order valence-electron chi connectivity index (χ3n) is 4.54. The second-order valence-corrected chi connectivity index (χ2v) is 8.50. The minimum Gasteiger partial charge on any atom is -0.263 e. The second-order valence-electron chi connectivity index (χ2n) is 6.56. The molecule has 0 saturated heterocycles. The van der Waals surface area contributed by atoms with E-state index in [-0.39, 0.29) is 18.0 Å². The average Bonchev–Trinajstić information content (AvgIpc) is 3.30. The molecule has 2 aromatic heterocycles. The molecule has 0 radical (unpaired) electrons. The quantitative estimate of drug-likeness (QED) is 0.471. The first-order valence-electron chi connectivity index (χ1n) is 9.16. The van der Waals surface area contributed by atoms with E-state index in [1.54, 1.807) is 29.2 Å². The highest BCUT2D eigenvalue weighted by molar-refractivity contribution is 7.89. The Morgan fingerprint density at radius 1 is 0.793 bits per heavy atom. The van der Waals surface area contributed by atoms with Gasteiger partial charge in [0.1, 0.15) is 4.90 Å². The fourth-order valence-electron chi connectivity index (χ4n) is 3.04. The summed E-state index contributed by atoms with van der Waals surface area (Å²) >= 11 is 0. The molecule has 2 aromatic carbocycles. The summed E-state index contributed by atoms with van der Waals surface area (Å²) in [5.41, 5.74) is 2.74. The van der Waals surface area contributed by atoms with E-state index in [1.807, 2.05) is 66.9 Å². The van der Waals surface area contributed by atoms with E-state index < -0.39 is 10.0 Å². The summed E-state index contributed by atoms with van der Waals surface area (Å²) in [7, 11) is -3.70. The molecular formula is C22H20N4O2S. The standard InChI is InChI=1S/C22H20N4O2S/c27-29(28,22-8-4-13-23-16-22)25(17-19-6-2-1-3-7-19)18-20-9-11-21(12-10-20)26-15-5-14-24-26/h1-16H,17-18H2. The Morgan fingerprint density at radius 3 is 2.14 bits per heavy atom. The van der Waals surface area contributed by atoms with Crippen molar-refractivity contribution in [2.24, 2.45) is 0 Å². The third-order valence-corrected chi connectivity index (χ3v) is 6.31. The molecule has 0 saturated carbocycles. The highest BCUT2D eigenvalue weighted by Gasteiger charge is 2.25. The number of nitrogens with zero attached hydrogens (tertiary/aromatic N) is 4. The van der Waals surface area contributed by atoms with Gasteiger partial charge in [0.2, 0.25) is 10.0 Å². The molecule has 0 unspecified atom stereocenters. The maximum atomic E-state index is 13.3. The molecule has 0 aliphatic rings. The summed E-state index contributed by atoms with van der Waals surface area (Å²) < 4.78 is 29.8.